The molecule has 1 saturated carbocycles. The van der Waals surface area contributed by atoms with Gasteiger partial charge in [0.2, 0.25) is 10.0 Å². The number of rotatable bonds is 7. The van der Waals surface area contributed by atoms with Gasteiger partial charge in [-0.25, -0.2) is 13.1 Å². The molecule has 0 bridgehead atoms. The first-order valence-corrected chi connectivity index (χ1v) is 9.74. The molecule has 0 amide bonds. The van der Waals surface area contributed by atoms with Crippen molar-refractivity contribution in [2.75, 3.05) is 7.05 Å². The molecule has 0 unspecified atom stereocenters. The van der Waals surface area contributed by atoms with Crippen molar-refractivity contribution >= 4 is 10.0 Å². The molecule has 0 saturated heterocycles. The minimum absolute atomic E-state index is 0.328. The van der Waals surface area contributed by atoms with E-state index in [1.807, 2.05) is 12.1 Å². The van der Waals surface area contributed by atoms with Gasteiger partial charge in [0.25, 0.3) is 0 Å². The topological polar surface area (TPSA) is 49.4 Å². The van der Waals surface area contributed by atoms with E-state index in [2.05, 4.69) is 23.5 Å². The lowest BCUT2D eigenvalue weighted by atomic mass is 10.1. The SMILES string of the molecule is CC[C@@H](C)N(Cc1ccc(S(=O)(=O)NC)cc1)C1CCCC1. The van der Waals surface area contributed by atoms with Crippen LogP contribution in [0.4, 0.5) is 0 Å². The highest BCUT2D eigenvalue weighted by atomic mass is 32.2. The van der Waals surface area contributed by atoms with Gasteiger partial charge in [-0.15, -0.1) is 0 Å². The largest absolute Gasteiger partial charge is 0.293 e. The van der Waals surface area contributed by atoms with E-state index in [4.69, 9.17) is 0 Å². The Hall–Kier alpha value is -0.910. The van der Waals surface area contributed by atoms with Crippen molar-refractivity contribution in [1.82, 2.24) is 9.62 Å². The van der Waals surface area contributed by atoms with Crippen LogP contribution in [0.25, 0.3) is 0 Å². The molecule has 1 aliphatic carbocycles. The van der Waals surface area contributed by atoms with Crippen molar-refractivity contribution in [1.29, 1.82) is 0 Å². The quantitative estimate of drug-likeness (QED) is 0.838. The molecule has 0 heterocycles. The number of benzene rings is 1. The second kappa shape index (κ2) is 7.57. The summed E-state index contributed by atoms with van der Waals surface area (Å²) < 4.78 is 25.9. The van der Waals surface area contributed by atoms with E-state index in [-0.39, 0.29) is 0 Å². The number of nitrogens with one attached hydrogen (secondary N) is 1. The number of sulfonamides is 1. The van der Waals surface area contributed by atoms with Gasteiger partial charge in [0.15, 0.2) is 0 Å². The molecule has 1 aliphatic rings. The highest BCUT2D eigenvalue weighted by molar-refractivity contribution is 7.89. The van der Waals surface area contributed by atoms with Crippen LogP contribution in [-0.4, -0.2) is 32.4 Å². The Bertz CT molecular complexity index is 563. The van der Waals surface area contributed by atoms with Crippen molar-refractivity contribution in [3.8, 4) is 0 Å². The predicted octanol–water partition coefficient (Wildman–Crippen LogP) is 3.14. The summed E-state index contributed by atoms with van der Waals surface area (Å²) in [7, 11) is -1.91. The molecular weight excluding hydrogens is 296 g/mol. The summed E-state index contributed by atoms with van der Waals surface area (Å²) in [5.41, 5.74) is 1.18. The zero-order valence-corrected chi connectivity index (χ0v) is 14.7. The van der Waals surface area contributed by atoms with E-state index in [0.717, 1.165) is 13.0 Å². The smallest absolute Gasteiger partial charge is 0.240 e. The number of nitrogens with zero attached hydrogens (tertiary/aromatic N) is 1. The Morgan fingerprint density at radius 3 is 2.32 bits per heavy atom. The van der Waals surface area contributed by atoms with Crippen molar-refractivity contribution in [2.45, 2.75) is 69.5 Å². The van der Waals surface area contributed by atoms with Crippen LogP contribution in [0.2, 0.25) is 0 Å². The summed E-state index contributed by atoms with van der Waals surface area (Å²) >= 11 is 0. The molecule has 2 rings (SSSR count). The van der Waals surface area contributed by atoms with E-state index in [9.17, 15) is 8.42 Å². The summed E-state index contributed by atoms with van der Waals surface area (Å²) in [5, 5.41) is 0. The normalized spacial score (nSPS) is 18.0. The molecule has 0 aromatic heterocycles. The molecule has 22 heavy (non-hydrogen) atoms. The van der Waals surface area contributed by atoms with Gasteiger partial charge in [-0.05, 0) is 50.9 Å². The van der Waals surface area contributed by atoms with Crippen LogP contribution in [0.3, 0.4) is 0 Å². The standard InChI is InChI=1S/C17H28N2O2S/c1-4-14(2)19(16-7-5-6-8-16)13-15-9-11-17(12-10-15)22(20,21)18-3/h9-12,14,16,18H,4-8,13H2,1-3H3/t14-/m1/s1. The predicted molar refractivity (Wildman–Crippen MR) is 90.2 cm³/mol. The highest BCUT2D eigenvalue weighted by Gasteiger charge is 2.25. The van der Waals surface area contributed by atoms with Crippen LogP contribution in [0.1, 0.15) is 51.5 Å². The molecule has 124 valence electrons. The average molecular weight is 324 g/mol. The van der Waals surface area contributed by atoms with Gasteiger partial charge >= 0.3 is 0 Å². The lowest BCUT2D eigenvalue weighted by molar-refractivity contribution is 0.132. The molecule has 1 N–H and O–H groups in total. The molecule has 0 spiro atoms. The third-order valence-corrected chi connectivity index (χ3v) is 6.25. The second-order valence-corrected chi connectivity index (χ2v) is 8.11. The molecule has 1 atom stereocenters. The van der Waals surface area contributed by atoms with E-state index >= 15 is 0 Å². The zero-order chi connectivity index (χ0) is 16.2. The maximum atomic E-state index is 11.8. The Morgan fingerprint density at radius 1 is 1.23 bits per heavy atom. The van der Waals surface area contributed by atoms with Crippen LogP contribution in [-0.2, 0) is 16.6 Å². The maximum Gasteiger partial charge on any atom is 0.240 e. The molecule has 0 radical (unpaired) electrons. The van der Waals surface area contributed by atoms with Crippen molar-refractivity contribution in [3.05, 3.63) is 29.8 Å². The summed E-state index contributed by atoms with van der Waals surface area (Å²) in [5.74, 6) is 0. The van der Waals surface area contributed by atoms with Gasteiger partial charge in [-0.2, -0.15) is 0 Å². The minimum Gasteiger partial charge on any atom is -0.293 e. The van der Waals surface area contributed by atoms with Crippen LogP contribution < -0.4 is 4.72 Å². The first-order chi connectivity index (χ1) is 10.5. The van der Waals surface area contributed by atoms with Gasteiger partial charge in [-0.1, -0.05) is 31.9 Å². The van der Waals surface area contributed by atoms with Crippen molar-refractivity contribution in [3.63, 3.8) is 0 Å². The number of hydrogen-bond acceptors (Lipinski definition) is 3. The molecular formula is C17H28N2O2S. The Labute approximate surface area is 135 Å². The van der Waals surface area contributed by atoms with Gasteiger partial charge in [0, 0.05) is 18.6 Å². The fourth-order valence-corrected chi connectivity index (χ4v) is 3.95. The summed E-state index contributed by atoms with van der Waals surface area (Å²) in [6.45, 7) is 5.42. The van der Waals surface area contributed by atoms with Gasteiger partial charge < -0.3 is 0 Å². The summed E-state index contributed by atoms with van der Waals surface area (Å²) in [6, 6.07) is 8.51. The van der Waals surface area contributed by atoms with E-state index < -0.39 is 10.0 Å². The van der Waals surface area contributed by atoms with Gasteiger partial charge in [0.1, 0.15) is 0 Å². The average Bonchev–Trinajstić information content (AvgIpc) is 3.06. The third-order valence-electron chi connectivity index (χ3n) is 4.82. The number of hydrogen-bond donors (Lipinski definition) is 1. The van der Waals surface area contributed by atoms with Crippen LogP contribution >= 0.6 is 0 Å². The lowest BCUT2D eigenvalue weighted by Crippen LogP contribution is -2.39. The van der Waals surface area contributed by atoms with Gasteiger partial charge in [0.05, 0.1) is 4.90 Å². The molecule has 1 aromatic carbocycles. The Kier molecular flexibility index (Phi) is 6.01. The molecule has 1 fully saturated rings. The van der Waals surface area contributed by atoms with E-state index in [1.165, 1.54) is 38.3 Å². The monoisotopic (exact) mass is 324 g/mol. The third kappa shape index (κ3) is 4.09. The fourth-order valence-electron chi connectivity index (χ4n) is 3.22. The Morgan fingerprint density at radius 2 is 1.82 bits per heavy atom. The van der Waals surface area contributed by atoms with E-state index in [0.29, 0.717) is 17.0 Å². The first kappa shape index (κ1) is 17.4. The maximum absolute atomic E-state index is 11.8. The summed E-state index contributed by atoms with van der Waals surface area (Å²) in [4.78, 5) is 2.92. The molecule has 4 nitrogen and oxygen atoms in total. The van der Waals surface area contributed by atoms with Crippen molar-refractivity contribution in [2.24, 2.45) is 0 Å². The van der Waals surface area contributed by atoms with Crippen LogP contribution in [0.15, 0.2) is 29.2 Å². The first-order valence-electron chi connectivity index (χ1n) is 8.26. The minimum atomic E-state index is -3.34. The second-order valence-electron chi connectivity index (χ2n) is 6.22. The van der Waals surface area contributed by atoms with E-state index in [1.54, 1.807) is 12.1 Å². The summed E-state index contributed by atoms with van der Waals surface area (Å²) in [6.07, 6.45) is 6.38. The van der Waals surface area contributed by atoms with Crippen molar-refractivity contribution < 1.29 is 8.42 Å². The van der Waals surface area contributed by atoms with Gasteiger partial charge in [-0.3, -0.25) is 4.90 Å². The molecule has 5 heteroatoms. The molecule has 1 aromatic rings. The van der Waals surface area contributed by atoms with Crippen LogP contribution in [0, 0.1) is 0 Å². The van der Waals surface area contributed by atoms with Crippen LogP contribution in [0.5, 0.6) is 0 Å². The fraction of sp³-hybridized carbons (Fsp3) is 0.647. The molecule has 0 aliphatic heterocycles. The zero-order valence-electron chi connectivity index (χ0n) is 13.9. The lowest BCUT2D eigenvalue weighted by Gasteiger charge is -2.34. The highest BCUT2D eigenvalue weighted by Crippen LogP contribution is 2.27. The Balaban J connectivity index is 2.13.